The summed E-state index contributed by atoms with van der Waals surface area (Å²) in [5.41, 5.74) is -0.102. The molecule has 0 aliphatic heterocycles. The van der Waals surface area contributed by atoms with Gasteiger partial charge in [-0.15, -0.1) is 0 Å². The van der Waals surface area contributed by atoms with Crippen LogP contribution in [0.15, 0.2) is 46.9 Å². The second-order valence-electron chi connectivity index (χ2n) is 4.89. The lowest BCUT2D eigenvalue weighted by molar-refractivity contribution is 0.0540. The van der Waals surface area contributed by atoms with Crippen LogP contribution in [-0.2, 0) is 12.0 Å². The molecule has 0 radical (unpaired) electrons. The minimum atomic E-state index is -1.21. The first-order chi connectivity index (χ1) is 9.44. The Bertz CT molecular complexity index is 611. The van der Waals surface area contributed by atoms with Crippen LogP contribution >= 0.6 is 15.9 Å². The van der Waals surface area contributed by atoms with Gasteiger partial charge >= 0.3 is 0 Å². The molecule has 0 bridgehead atoms. The number of benzene rings is 2. The molecular weight excluding hydrogens is 323 g/mol. The molecule has 0 aliphatic rings. The summed E-state index contributed by atoms with van der Waals surface area (Å²) in [6.45, 7) is 1.66. The van der Waals surface area contributed by atoms with Gasteiger partial charge in [-0.2, -0.15) is 0 Å². The van der Waals surface area contributed by atoms with Gasteiger partial charge in [-0.05, 0) is 30.7 Å². The quantitative estimate of drug-likeness (QED) is 0.911. The number of ether oxygens (including phenoxy) is 1. The minimum absolute atomic E-state index is 0.173. The number of aliphatic hydroxyl groups is 1. The zero-order valence-electron chi connectivity index (χ0n) is 11.4. The van der Waals surface area contributed by atoms with Crippen LogP contribution in [0.3, 0.4) is 0 Å². The van der Waals surface area contributed by atoms with Gasteiger partial charge in [0.25, 0.3) is 0 Å². The predicted octanol–water partition coefficient (Wildman–Crippen LogP) is 4.05. The van der Waals surface area contributed by atoms with Crippen molar-refractivity contribution >= 4 is 15.9 Å². The number of methoxy groups -OCH3 is 1. The van der Waals surface area contributed by atoms with E-state index in [1.54, 1.807) is 38.3 Å². The van der Waals surface area contributed by atoms with Gasteiger partial charge in [-0.1, -0.05) is 40.2 Å². The molecule has 0 heterocycles. The summed E-state index contributed by atoms with van der Waals surface area (Å²) in [5, 5.41) is 10.7. The summed E-state index contributed by atoms with van der Waals surface area (Å²) in [6.07, 6.45) is 0.173. The van der Waals surface area contributed by atoms with Crippen molar-refractivity contribution in [1.29, 1.82) is 0 Å². The van der Waals surface area contributed by atoms with Crippen LogP contribution in [0.4, 0.5) is 4.39 Å². The summed E-state index contributed by atoms with van der Waals surface area (Å²) in [7, 11) is 1.55. The largest absolute Gasteiger partial charge is 0.496 e. The summed E-state index contributed by atoms with van der Waals surface area (Å²) < 4.78 is 19.8. The fourth-order valence-corrected chi connectivity index (χ4v) is 2.55. The lowest BCUT2D eigenvalue weighted by atomic mass is 9.88. The molecule has 0 aliphatic carbocycles. The van der Waals surface area contributed by atoms with Crippen molar-refractivity contribution in [2.45, 2.75) is 18.9 Å². The van der Waals surface area contributed by atoms with Crippen molar-refractivity contribution in [3.8, 4) is 5.75 Å². The summed E-state index contributed by atoms with van der Waals surface area (Å²) in [5.74, 6) is 0.254. The molecular formula is C16H16BrFO2. The Hall–Kier alpha value is -1.39. The third-order valence-corrected chi connectivity index (χ3v) is 3.73. The van der Waals surface area contributed by atoms with Crippen LogP contribution in [0.2, 0.25) is 0 Å². The van der Waals surface area contributed by atoms with E-state index in [2.05, 4.69) is 15.9 Å². The topological polar surface area (TPSA) is 29.5 Å². The summed E-state index contributed by atoms with van der Waals surface area (Å²) in [4.78, 5) is 0. The van der Waals surface area contributed by atoms with Gasteiger partial charge in [-0.3, -0.25) is 0 Å². The first-order valence-electron chi connectivity index (χ1n) is 6.24. The maximum atomic E-state index is 13.9. The van der Waals surface area contributed by atoms with Crippen molar-refractivity contribution in [2.75, 3.05) is 7.11 Å². The highest BCUT2D eigenvalue weighted by molar-refractivity contribution is 9.10. The SMILES string of the molecule is COc1ccccc1C(C)(O)Cc1ccc(Br)cc1F. The molecule has 0 saturated carbocycles. The van der Waals surface area contributed by atoms with E-state index in [-0.39, 0.29) is 12.2 Å². The van der Waals surface area contributed by atoms with E-state index >= 15 is 0 Å². The molecule has 0 aromatic heterocycles. The summed E-state index contributed by atoms with van der Waals surface area (Å²) >= 11 is 3.22. The minimum Gasteiger partial charge on any atom is -0.496 e. The average Bonchev–Trinajstić information content (AvgIpc) is 2.42. The van der Waals surface area contributed by atoms with Crippen LogP contribution in [-0.4, -0.2) is 12.2 Å². The van der Waals surface area contributed by atoms with E-state index in [9.17, 15) is 9.50 Å². The van der Waals surface area contributed by atoms with E-state index in [1.807, 2.05) is 12.1 Å². The maximum absolute atomic E-state index is 13.9. The van der Waals surface area contributed by atoms with Gasteiger partial charge in [0.15, 0.2) is 0 Å². The molecule has 20 heavy (non-hydrogen) atoms. The van der Waals surface area contributed by atoms with E-state index in [0.717, 1.165) is 0 Å². The number of para-hydroxylation sites is 1. The molecule has 1 N–H and O–H groups in total. The third kappa shape index (κ3) is 3.19. The average molecular weight is 339 g/mol. The molecule has 4 heteroatoms. The Kier molecular flexibility index (Phi) is 4.45. The Morgan fingerprint density at radius 3 is 2.60 bits per heavy atom. The van der Waals surface area contributed by atoms with Crippen LogP contribution in [0.5, 0.6) is 5.75 Å². The van der Waals surface area contributed by atoms with Crippen molar-refractivity contribution in [3.63, 3.8) is 0 Å². The fourth-order valence-electron chi connectivity index (χ4n) is 2.22. The van der Waals surface area contributed by atoms with Gasteiger partial charge in [0.05, 0.1) is 12.7 Å². The molecule has 0 fully saturated rings. The Morgan fingerprint density at radius 1 is 1.25 bits per heavy atom. The highest BCUT2D eigenvalue weighted by Gasteiger charge is 2.28. The standard InChI is InChI=1S/C16H16BrFO2/c1-16(19,13-5-3-4-6-15(13)20-2)10-11-7-8-12(17)9-14(11)18/h3-9,19H,10H2,1-2H3. The van der Waals surface area contributed by atoms with Gasteiger partial charge < -0.3 is 9.84 Å². The molecule has 1 atom stereocenters. The van der Waals surface area contributed by atoms with Crippen LogP contribution in [0.25, 0.3) is 0 Å². The molecule has 0 saturated heterocycles. The lowest BCUT2D eigenvalue weighted by Gasteiger charge is -2.26. The fraction of sp³-hybridized carbons (Fsp3) is 0.250. The van der Waals surface area contributed by atoms with Crippen LogP contribution in [0, 0.1) is 5.82 Å². The van der Waals surface area contributed by atoms with E-state index in [4.69, 9.17) is 4.74 Å². The molecule has 106 valence electrons. The number of rotatable bonds is 4. The molecule has 2 nitrogen and oxygen atoms in total. The highest BCUT2D eigenvalue weighted by Crippen LogP contribution is 2.33. The molecule has 2 rings (SSSR count). The van der Waals surface area contributed by atoms with Crippen molar-refractivity contribution in [3.05, 3.63) is 63.9 Å². The Balaban J connectivity index is 2.35. The van der Waals surface area contributed by atoms with Gasteiger partial charge in [0.2, 0.25) is 0 Å². The van der Waals surface area contributed by atoms with Crippen molar-refractivity contribution in [2.24, 2.45) is 0 Å². The number of hydrogen-bond donors (Lipinski definition) is 1. The van der Waals surface area contributed by atoms with Gasteiger partial charge in [0, 0.05) is 16.5 Å². The molecule has 2 aromatic carbocycles. The third-order valence-electron chi connectivity index (χ3n) is 3.24. The first-order valence-corrected chi connectivity index (χ1v) is 7.03. The van der Waals surface area contributed by atoms with Crippen LogP contribution in [0.1, 0.15) is 18.1 Å². The zero-order chi connectivity index (χ0) is 14.8. The zero-order valence-corrected chi connectivity index (χ0v) is 12.9. The normalized spacial score (nSPS) is 13.8. The van der Waals surface area contributed by atoms with Gasteiger partial charge in [-0.25, -0.2) is 4.39 Å². The molecule has 2 aromatic rings. The molecule has 0 spiro atoms. The Morgan fingerprint density at radius 2 is 1.95 bits per heavy atom. The maximum Gasteiger partial charge on any atom is 0.127 e. The predicted molar refractivity (Wildman–Crippen MR) is 80.4 cm³/mol. The number of halogens is 2. The van der Waals surface area contributed by atoms with Gasteiger partial charge in [0.1, 0.15) is 11.6 Å². The smallest absolute Gasteiger partial charge is 0.127 e. The van der Waals surface area contributed by atoms with E-state index in [1.165, 1.54) is 6.07 Å². The molecule has 0 amide bonds. The summed E-state index contributed by atoms with van der Waals surface area (Å²) in [6, 6.07) is 12.0. The lowest BCUT2D eigenvalue weighted by Crippen LogP contribution is -2.25. The van der Waals surface area contributed by atoms with Crippen LogP contribution < -0.4 is 4.74 Å². The Labute approximate surface area is 126 Å². The molecule has 1 unspecified atom stereocenters. The second kappa shape index (κ2) is 5.94. The van der Waals surface area contributed by atoms with Crippen molar-refractivity contribution < 1.29 is 14.2 Å². The second-order valence-corrected chi connectivity index (χ2v) is 5.80. The number of hydrogen-bond acceptors (Lipinski definition) is 2. The van der Waals surface area contributed by atoms with Crippen molar-refractivity contribution in [1.82, 2.24) is 0 Å². The first kappa shape index (κ1) is 15.0. The highest BCUT2D eigenvalue weighted by atomic mass is 79.9. The van der Waals surface area contributed by atoms with E-state index in [0.29, 0.717) is 21.3 Å². The van der Waals surface area contributed by atoms with E-state index < -0.39 is 5.60 Å². The monoisotopic (exact) mass is 338 g/mol.